The van der Waals surface area contributed by atoms with Gasteiger partial charge in [0.2, 0.25) is 0 Å². The summed E-state index contributed by atoms with van der Waals surface area (Å²) in [6.45, 7) is 7.41. The first-order valence-electron chi connectivity index (χ1n) is 6.41. The molecule has 5 heteroatoms. The molecule has 2 heterocycles. The highest BCUT2D eigenvalue weighted by Gasteiger charge is 2.10. The van der Waals surface area contributed by atoms with Crippen LogP contribution in [0.4, 0.5) is 5.69 Å². The van der Waals surface area contributed by atoms with Gasteiger partial charge in [0.25, 0.3) is 0 Å². The van der Waals surface area contributed by atoms with E-state index < -0.39 is 0 Å². The predicted octanol–water partition coefficient (Wildman–Crippen LogP) is 1.81. The Hall–Kier alpha value is -1.88. The molecule has 2 N–H and O–H groups in total. The van der Waals surface area contributed by atoms with Gasteiger partial charge >= 0.3 is 0 Å². The quantitative estimate of drug-likeness (QED) is 0.860. The Kier molecular flexibility index (Phi) is 4.16. The first kappa shape index (κ1) is 13.5. The number of hydrogen-bond acceptors (Lipinski definition) is 4. The van der Waals surface area contributed by atoms with Gasteiger partial charge in [0.15, 0.2) is 0 Å². The lowest BCUT2D eigenvalue weighted by atomic mass is 10.2. The van der Waals surface area contributed by atoms with E-state index in [-0.39, 0.29) is 6.61 Å². The number of hydrogen-bond donors (Lipinski definition) is 2. The Bertz CT molecular complexity index is 563. The Morgan fingerprint density at radius 3 is 2.74 bits per heavy atom. The molecule has 0 bridgehead atoms. The van der Waals surface area contributed by atoms with Crippen LogP contribution >= 0.6 is 0 Å². The van der Waals surface area contributed by atoms with E-state index in [4.69, 9.17) is 5.11 Å². The molecular weight excluding hydrogens is 240 g/mol. The second-order valence-electron chi connectivity index (χ2n) is 4.70. The molecule has 2 aromatic heterocycles. The summed E-state index contributed by atoms with van der Waals surface area (Å²) >= 11 is 0. The van der Waals surface area contributed by atoms with Crippen LogP contribution in [0.5, 0.6) is 0 Å². The number of rotatable bonds is 5. The number of pyridine rings is 1. The van der Waals surface area contributed by atoms with Gasteiger partial charge in [-0.25, -0.2) is 0 Å². The maximum absolute atomic E-state index is 9.00. The van der Waals surface area contributed by atoms with Gasteiger partial charge < -0.3 is 10.4 Å². The van der Waals surface area contributed by atoms with Crippen molar-refractivity contribution in [3.63, 3.8) is 0 Å². The predicted molar refractivity (Wildman–Crippen MR) is 75.1 cm³/mol. The summed E-state index contributed by atoms with van der Waals surface area (Å²) in [5.41, 5.74) is 5.41. The van der Waals surface area contributed by atoms with Crippen LogP contribution in [0.25, 0.3) is 0 Å². The molecule has 0 atom stereocenters. The van der Waals surface area contributed by atoms with Crippen LogP contribution < -0.4 is 5.32 Å². The first-order chi connectivity index (χ1) is 9.11. The summed E-state index contributed by atoms with van der Waals surface area (Å²) in [7, 11) is 0. The van der Waals surface area contributed by atoms with Gasteiger partial charge in [-0.2, -0.15) is 5.10 Å². The maximum atomic E-state index is 9.00. The Morgan fingerprint density at radius 1 is 1.26 bits per heavy atom. The number of anilines is 1. The lowest BCUT2D eigenvalue weighted by Crippen LogP contribution is -2.07. The third-order valence-electron chi connectivity index (χ3n) is 3.19. The molecule has 0 fully saturated rings. The van der Waals surface area contributed by atoms with Crippen LogP contribution in [-0.2, 0) is 13.1 Å². The van der Waals surface area contributed by atoms with Crippen molar-refractivity contribution in [3.8, 4) is 0 Å². The average Bonchev–Trinajstić information content (AvgIpc) is 2.63. The van der Waals surface area contributed by atoms with Crippen molar-refractivity contribution in [2.75, 3.05) is 11.9 Å². The fourth-order valence-electron chi connectivity index (χ4n) is 2.14. The summed E-state index contributed by atoms with van der Waals surface area (Å²) in [4.78, 5) is 4.16. The van der Waals surface area contributed by atoms with Gasteiger partial charge in [0, 0.05) is 30.2 Å². The molecule has 19 heavy (non-hydrogen) atoms. The van der Waals surface area contributed by atoms with Gasteiger partial charge in [-0.15, -0.1) is 0 Å². The SMILES string of the molecule is Cc1cncc(NCc2c(C)nn(CCO)c2C)c1. The highest BCUT2D eigenvalue weighted by Crippen LogP contribution is 2.16. The highest BCUT2D eigenvalue weighted by atomic mass is 16.3. The molecule has 2 rings (SSSR count). The van der Waals surface area contributed by atoms with Gasteiger partial charge in [-0.1, -0.05) is 0 Å². The number of aryl methyl sites for hydroxylation is 2. The summed E-state index contributed by atoms with van der Waals surface area (Å²) < 4.78 is 1.85. The standard InChI is InChI=1S/C14H20N4O/c1-10-6-13(8-15-7-10)16-9-14-11(2)17-18(4-5-19)12(14)3/h6-8,16,19H,4-5,9H2,1-3H3. The largest absolute Gasteiger partial charge is 0.394 e. The summed E-state index contributed by atoms with van der Waals surface area (Å²) in [6.07, 6.45) is 3.65. The number of aromatic nitrogens is 3. The van der Waals surface area contributed by atoms with Crippen LogP contribution in [0.15, 0.2) is 18.5 Å². The van der Waals surface area contributed by atoms with E-state index in [0.29, 0.717) is 13.1 Å². The molecule has 0 aromatic carbocycles. The van der Waals surface area contributed by atoms with E-state index in [1.54, 1.807) is 0 Å². The van der Waals surface area contributed by atoms with Gasteiger partial charge in [-0.3, -0.25) is 9.67 Å². The summed E-state index contributed by atoms with van der Waals surface area (Å²) in [5, 5.41) is 16.8. The highest BCUT2D eigenvalue weighted by molar-refractivity contribution is 5.43. The molecule has 0 radical (unpaired) electrons. The smallest absolute Gasteiger partial charge is 0.0646 e. The second kappa shape index (κ2) is 5.84. The fourth-order valence-corrected chi connectivity index (χ4v) is 2.14. The lowest BCUT2D eigenvalue weighted by molar-refractivity contribution is 0.268. The Labute approximate surface area is 113 Å². The van der Waals surface area contributed by atoms with E-state index in [0.717, 1.165) is 22.6 Å². The zero-order chi connectivity index (χ0) is 13.8. The average molecular weight is 260 g/mol. The van der Waals surface area contributed by atoms with Gasteiger partial charge in [0.05, 0.1) is 24.5 Å². The van der Waals surface area contributed by atoms with Crippen molar-refractivity contribution in [1.82, 2.24) is 14.8 Å². The molecule has 0 amide bonds. The summed E-state index contributed by atoms with van der Waals surface area (Å²) in [6, 6.07) is 2.07. The van der Waals surface area contributed by atoms with Crippen LogP contribution in [0.3, 0.4) is 0 Å². The minimum absolute atomic E-state index is 0.108. The van der Waals surface area contributed by atoms with E-state index in [1.165, 1.54) is 5.56 Å². The number of aliphatic hydroxyl groups excluding tert-OH is 1. The molecule has 0 aliphatic carbocycles. The second-order valence-corrected chi connectivity index (χ2v) is 4.70. The third kappa shape index (κ3) is 3.12. The van der Waals surface area contributed by atoms with E-state index in [1.807, 2.05) is 37.8 Å². The molecule has 2 aromatic rings. The number of aliphatic hydroxyl groups is 1. The zero-order valence-electron chi connectivity index (χ0n) is 11.6. The van der Waals surface area contributed by atoms with Crippen molar-refractivity contribution >= 4 is 5.69 Å². The normalized spacial score (nSPS) is 10.7. The monoisotopic (exact) mass is 260 g/mol. The van der Waals surface area contributed by atoms with Crippen molar-refractivity contribution < 1.29 is 5.11 Å². The van der Waals surface area contributed by atoms with Crippen LogP contribution in [0.1, 0.15) is 22.5 Å². The van der Waals surface area contributed by atoms with Crippen molar-refractivity contribution in [2.45, 2.75) is 33.9 Å². The Balaban J connectivity index is 2.11. The van der Waals surface area contributed by atoms with Crippen LogP contribution in [0, 0.1) is 20.8 Å². The Morgan fingerprint density at radius 2 is 2.05 bits per heavy atom. The topological polar surface area (TPSA) is 63.0 Å². The molecule has 0 saturated carbocycles. The van der Waals surface area contributed by atoms with Crippen LogP contribution in [-0.4, -0.2) is 26.5 Å². The van der Waals surface area contributed by atoms with E-state index in [9.17, 15) is 0 Å². The molecular formula is C14H20N4O. The molecule has 102 valence electrons. The molecule has 0 aliphatic rings. The van der Waals surface area contributed by atoms with Crippen molar-refractivity contribution in [1.29, 1.82) is 0 Å². The zero-order valence-corrected chi connectivity index (χ0v) is 11.6. The molecule has 5 nitrogen and oxygen atoms in total. The molecule has 0 unspecified atom stereocenters. The molecule has 0 saturated heterocycles. The minimum Gasteiger partial charge on any atom is -0.394 e. The van der Waals surface area contributed by atoms with E-state index in [2.05, 4.69) is 21.5 Å². The van der Waals surface area contributed by atoms with Crippen molar-refractivity contribution in [3.05, 3.63) is 41.0 Å². The number of nitrogens with one attached hydrogen (secondary N) is 1. The van der Waals surface area contributed by atoms with E-state index >= 15 is 0 Å². The van der Waals surface area contributed by atoms with Gasteiger partial charge in [-0.05, 0) is 32.4 Å². The number of nitrogens with zero attached hydrogens (tertiary/aromatic N) is 3. The third-order valence-corrected chi connectivity index (χ3v) is 3.19. The first-order valence-corrected chi connectivity index (χ1v) is 6.41. The summed E-state index contributed by atoms with van der Waals surface area (Å²) in [5.74, 6) is 0. The fraction of sp³-hybridized carbons (Fsp3) is 0.429. The van der Waals surface area contributed by atoms with Gasteiger partial charge in [0.1, 0.15) is 0 Å². The lowest BCUT2D eigenvalue weighted by Gasteiger charge is -2.07. The van der Waals surface area contributed by atoms with Crippen LogP contribution in [0.2, 0.25) is 0 Å². The molecule has 0 aliphatic heterocycles. The van der Waals surface area contributed by atoms with Crippen molar-refractivity contribution in [2.24, 2.45) is 0 Å². The molecule has 0 spiro atoms. The maximum Gasteiger partial charge on any atom is 0.0646 e. The minimum atomic E-state index is 0.108.